The van der Waals surface area contributed by atoms with Gasteiger partial charge in [0.2, 0.25) is 11.8 Å². The van der Waals surface area contributed by atoms with E-state index in [1.165, 1.54) is 12.4 Å². The lowest BCUT2D eigenvalue weighted by molar-refractivity contribution is -0.182. The lowest BCUT2D eigenvalue weighted by Gasteiger charge is -2.19. The number of alkyl halides is 3. The van der Waals surface area contributed by atoms with Crippen molar-refractivity contribution in [2.75, 3.05) is 11.5 Å². The molecule has 1 saturated carbocycles. The molecule has 0 spiro atoms. The number of anilines is 1. The van der Waals surface area contributed by atoms with Gasteiger partial charge in [0, 0.05) is 0 Å². The first-order chi connectivity index (χ1) is 10.9. The fraction of sp³-hybridized carbons (Fsp3) is 0.643. The van der Waals surface area contributed by atoms with Crippen LogP contribution in [0.4, 0.5) is 18.9 Å². The maximum Gasteiger partial charge on any atom is 0.411 e. The van der Waals surface area contributed by atoms with Crippen molar-refractivity contribution in [3.63, 3.8) is 0 Å². The summed E-state index contributed by atoms with van der Waals surface area (Å²) in [5, 5.41) is 3.84. The van der Waals surface area contributed by atoms with Crippen molar-refractivity contribution in [3.05, 3.63) is 12.4 Å². The van der Waals surface area contributed by atoms with Crippen LogP contribution in [-0.2, 0) is 21.1 Å². The summed E-state index contributed by atoms with van der Waals surface area (Å²) in [7, 11) is 0. The molecule has 0 unspecified atom stereocenters. The number of aromatic nitrogens is 2. The molecule has 1 aromatic heterocycles. The zero-order valence-corrected chi connectivity index (χ0v) is 12.3. The number of fused-ring (bicyclic) bond motifs is 1. The Morgan fingerprint density at radius 3 is 2.35 bits per heavy atom. The first-order valence-corrected chi connectivity index (χ1v) is 7.41. The molecule has 1 aromatic rings. The molecule has 126 valence electrons. The van der Waals surface area contributed by atoms with Crippen LogP contribution >= 0.6 is 0 Å². The highest BCUT2D eigenvalue weighted by Gasteiger charge is 2.49. The van der Waals surface area contributed by atoms with Gasteiger partial charge in [0.25, 0.3) is 0 Å². The standard InChI is InChI=1S/C14H16F3N3O3/c15-14(16,17)7-23-8-19-6-9(5-18-19)20-12(21)10-3-1-2-4-11(10)13(20)22/h5-6,10-11H,1-4,7-8H2/t10-,11+. The molecule has 0 aromatic carbocycles. The zero-order chi connectivity index (χ0) is 16.6. The molecule has 6 nitrogen and oxygen atoms in total. The SMILES string of the molecule is O=C1[C@H]2CCCC[C@H]2C(=O)N1c1cnn(COCC(F)(F)F)c1. The van der Waals surface area contributed by atoms with Crippen molar-refractivity contribution < 1.29 is 27.5 Å². The van der Waals surface area contributed by atoms with Gasteiger partial charge in [0.05, 0.1) is 29.9 Å². The van der Waals surface area contributed by atoms with E-state index in [0.717, 1.165) is 22.4 Å². The van der Waals surface area contributed by atoms with Gasteiger partial charge in [0.15, 0.2) is 0 Å². The number of carbonyl (C=O) groups is 2. The minimum absolute atomic E-state index is 0.240. The first kappa shape index (κ1) is 16.0. The number of amides is 2. The molecule has 2 atom stereocenters. The molecular formula is C14H16F3N3O3. The Balaban J connectivity index is 1.68. The molecule has 1 aliphatic heterocycles. The lowest BCUT2D eigenvalue weighted by atomic mass is 9.81. The molecular weight excluding hydrogens is 315 g/mol. The summed E-state index contributed by atoms with van der Waals surface area (Å²) in [6, 6.07) is 0. The number of hydrogen-bond donors (Lipinski definition) is 0. The third kappa shape index (κ3) is 3.24. The number of rotatable bonds is 4. The molecule has 0 radical (unpaired) electrons. The topological polar surface area (TPSA) is 64.4 Å². The van der Waals surface area contributed by atoms with E-state index >= 15 is 0 Å². The minimum atomic E-state index is -4.41. The van der Waals surface area contributed by atoms with Gasteiger partial charge in [-0.25, -0.2) is 9.58 Å². The van der Waals surface area contributed by atoms with Gasteiger partial charge in [-0.3, -0.25) is 9.59 Å². The Bertz CT molecular complexity index is 590. The molecule has 1 saturated heterocycles. The summed E-state index contributed by atoms with van der Waals surface area (Å²) in [5.41, 5.74) is 0.282. The number of halogens is 3. The van der Waals surface area contributed by atoms with Gasteiger partial charge < -0.3 is 4.74 Å². The highest BCUT2D eigenvalue weighted by Crippen LogP contribution is 2.39. The zero-order valence-electron chi connectivity index (χ0n) is 12.3. The van der Waals surface area contributed by atoms with Crippen molar-refractivity contribution in [3.8, 4) is 0 Å². The van der Waals surface area contributed by atoms with E-state index in [2.05, 4.69) is 9.84 Å². The second-order valence-corrected chi connectivity index (χ2v) is 5.84. The van der Waals surface area contributed by atoms with Crippen molar-refractivity contribution in [2.24, 2.45) is 11.8 Å². The molecule has 3 rings (SSSR count). The quantitative estimate of drug-likeness (QED) is 0.793. The summed E-state index contributed by atoms with van der Waals surface area (Å²) in [4.78, 5) is 25.9. The van der Waals surface area contributed by atoms with Crippen LogP contribution in [0.5, 0.6) is 0 Å². The van der Waals surface area contributed by atoms with Gasteiger partial charge in [-0.2, -0.15) is 18.3 Å². The lowest BCUT2D eigenvalue weighted by Crippen LogP contribution is -2.30. The average Bonchev–Trinajstić information content (AvgIpc) is 3.03. The average molecular weight is 331 g/mol. The van der Waals surface area contributed by atoms with Gasteiger partial charge >= 0.3 is 6.18 Å². The van der Waals surface area contributed by atoms with E-state index in [1.807, 2.05) is 0 Å². The van der Waals surface area contributed by atoms with Gasteiger partial charge in [-0.15, -0.1) is 0 Å². The van der Waals surface area contributed by atoms with E-state index in [1.54, 1.807) is 0 Å². The van der Waals surface area contributed by atoms with E-state index in [0.29, 0.717) is 12.8 Å². The molecule has 2 fully saturated rings. The van der Waals surface area contributed by atoms with E-state index < -0.39 is 19.5 Å². The fourth-order valence-electron chi connectivity index (χ4n) is 3.21. The van der Waals surface area contributed by atoms with Crippen LogP contribution in [0.15, 0.2) is 12.4 Å². The maximum absolute atomic E-state index is 12.4. The summed E-state index contributed by atoms with van der Waals surface area (Å²) >= 11 is 0. The van der Waals surface area contributed by atoms with E-state index in [9.17, 15) is 22.8 Å². The van der Waals surface area contributed by atoms with Gasteiger partial charge in [-0.05, 0) is 12.8 Å². The smallest absolute Gasteiger partial charge is 0.350 e. The van der Waals surface area contributed by atoms with Crippen LogP contribution in [0, 0.1) is 11.8 Å². The third-order valence-electron chi connectivity index (χ3n) is 4.21. The molecule has 23 heavy (non-hydrogen) atoms. The largest absolute Gasteiger partial charge is 0.411 e. The van der Waals surface area contributed by atoms with Crippen LogP contribution in [0.3, 0.4) is 0 Å². The Kier molecular flexibility index (Phi) is 4.13. The fourth-order valence-corrected chi connectivity index (χ4v) is 3.21. The molecule has 0 N–H and O–H groups in total. The Morgan fingerprint density at radius 2 is 1.78 bits per heavy atom. The van der Waals surface area contributed by atoms with Crippen LogP contribution in [0.2, 0.25) is 0 Å². The van der Waals surface area contributed by atoms with Crippen LogP contribution in [0.1, 0.15) is 25.7 Å². The predicted octanol–water partition coefficient (Wildman–Crippen LogP) is 2.10. The predicted molar refractivity (Wildman–Crippen MR) is 72.2 cm³/mol. The first-order valence-electron chi connectivity index (χ1n) is 7.41. The van der Waals surface area contributed by atoms with Crippen LogP contribution in [-0.4, -0.2) is 34.4 Å². The number of carbonyl (C=O) groups excluding carboxylic acids is 2. The van der Waals surface area contributed by atoms with Crippen molar-refractivity contribution >= 4 is 17.5 Å². The van der Waals surface area contributed by atoms with Crippen molar-refractivity contribution in [2.45, 2.75) is 38.6 Å². The second kappa shape index (κ2) is 5.95. The van der Waals surface area contributed by atoms with Crippen LogP contribution in [0.25, 0.3) is 0 Å². The number of hydrogen-bond acceptors (Lipinski definition) is 4. The van der Waals surface area contributed by atoms with E-state index in [4.69, 9.17) is 0 Å². The van der Waals surface area contributed by atoms with Gasteiger partial charge in [0.1, 0.15) is 13.3 Å². The molecule has 0 bridgehead atoms. The normalized spacial score (nSPS) is 25.1. The summed E-state index contributed by atoms with van der Waals surface area (Å²) < 4.78 is 41.7. The number of ether oxygens (including phenoxy) is 1. The monoisotopic (exact) mass is 331 g/mol. The number of imide groups is 1. The minimum Gasteiger partial charge on any atom is -0.350 e. The van der Waals surface area contributed by atoms with Crippen molar-refractivity contribution in [1.82, 2.24) is 9.78 Å². The third-order valence-corrected chi connectivity index (χ3v) is 4.21. The Hall–Kier alpha value is -1.90. The summed E-state index contributed by atoms with van der Waals surface area (Å²) in [6.45, 7) is -1.78. The highest BCUT2D eigenvalue weighted by molar-refractivity contribution is 6.21. The van der Waals surface area contributed by atoms with E-state index in [-0.39, 0.29) is 29.3 Å². The van der Waals surface area contributed by atoms with Crippen molar-refractivity contribution in [1.29, 1.82) is 0 Å². The summed E-state index contributed by atoms with van der Waals surface area (Å²) in [6.07, 6.45) is 1.50. The molecule has 1 aliphatic carbocycles. The highest BCUT2D eigenvalue weighted by atomic mass is 19.4. The molecule has 2 heterocycles. The Morgan fingerprint density at radius 1 is 1.17 bits per heavy atom. The maximum atomic E-state index is 12.4. The molecule has 2 aliphatic rings. The molecule has 9 heteroatoms. The Labute approximate surface area is 130 Å². The summed E-state index contributed by atoms with van der Waals surface area (Å²) in [5.74, 6) is -1.03. The molecule has 2 amide bonds. The second-order valence-electron chi connectivity index (χ2n) is 5.84. The number of nitrogens with zero attached hydrogens (tertiary/aromatic N) is 3. The van der Waals surface area contributed by atoms with Crippen LogP contribution < -0.4 is 4.90 Å². The van der Waals surface area contributed by atoms with Gasteiger partial charge in [-0.1, -0.05) is 12.8 Å².